The maximum atomic E-state index is 2.61. The van der Waals surface area contributed by atoms with Crippen LogP contribution in [0, 0.1) is 0 Å². The van der Waals surface area contributed by atoms with Crippen molar-refractivity contribution in [2.24, 2.45) is 0 Å². The van der Waals surface area contributed by atoms with Gasteiger partial charge in [-0.25, -0.2) is 0 Å². The summed E-state index contributed by atoms with van der Waals surface area (Å²) in [7, 11) is 0. The van der Waals surface area contributed by atoms with Gasteiger partial charge in [0.05, 0.1) is 0 Å². The lowest BCUT2D eigenvalue weighted by Gasteiger charge is -2.45. The normalized spacial score (nSPS) is 15.4. The van der Waals surface area contributed by atoms with Crippen LogP contribution >= 0.6 is 0 Å². The molecule has 0 radical (unpaired) electrons. The molecular formula is C72H69BN2. The van der Waals surface area contributed by atoms with Crippen LogP contribution in [-0.4, -0.2) is 6.71 Å². The molecule has 2 heterocycles. The molecule has 75 heavy (non-hydrogen) atoms. The molecule has 2 aliphatic carbocycles. The van der Waals surface area contributed by atoms with Crippen LogP contribution in [0.5, 0.6) is 0 Å². The van der Waals surface area contributed by atoms with E-state index in [4.69, 9.17) is 0 Å². The Kier molecular flexibility index (Phi) is 10.2. The number of benzene rings is 9. The van der Waals surface area contributed by atoms with Crippen molar-refractivity contribution < 1.29 is 0 Å². The largest absolute Gasteiger partial charge is 0.311 e. The molecule has 2 aliphatic heterocycles. The Bertz CT molecular complexity index is 3590. The molecule has 9 aromatic carbocycles. The number of anilines is 6. The number of fused-ring (bicyclic) bond motifs is 10. The van der Waals surface area contributed by atoms with Gasteiger partial charge in [-0.3, -0.25) is 0 Å². The molecule has 370 valence electrons. The topological polar surface area (TPSA) is 6.48 Å². The van der Waals surface area contributed by atoms with E-state index in [0.29, 0.717) is 0 Å². The Hall–Kier alpha value is -7.36. The first kappa shape index (κ1) is 47.4. The van der Waals surface area contributed by atoms with E-state index in [0.717, 1.165) is 11.4 Å². The SMILES string of the molecule is CC(C)(C)c1ccc2c(c1)N(c1ccc(-c3cccc4c3-c3ccccc3C4(C)C)cc1)c1cc(C(C)(C)C)cc3c1B2c1ccc(C(C)(C)C)cc1N3c1ccc(-c2cccc3c2-c2ccccc2C3(C)C)cc1. The number of hydrogen-bond donors (Lipinski definition) is 0. The van der Waals surface area contributed by atoms with Crippen LogP contribution in [0.1, 0.15) is 129 Å². The van der Waals surface area contributed by atoms with Crippen LogP contribution < -0.4 is 26.2 Å². The molecule has 0 saturated heterocycles. The molecule has 0 fully saturated rings. The van der Waals surface area contributed by atoms with Gasteiger partial charge >= 0.3 is 0 Å². The zero-order valence-electron chi connectivity index (χ0n) is 46.3. The van der Waals surface area contributed by atoms with Gasteiger partial charge < -0.3 is 9.80 Å². The third-order valence-corrected chi connectivity index (χ3v) is 17.8. The van der Waals surface area contributed by atoms with Crippen LogP contribution in [0.3, 0.4) is 0 Å². The number of hydrogen-bond acceptors (Lipinski definition) is 2. The van der Waals surface area contributed by atoms with Crippen LogP contribution in [0.15, 0.2) is 182 Å². The highest BCUT2D eigenvalue weighted by molar-refractivity contribution is 7.00. The first-order chi connectivity index (χ1) is 35.6. The van der Waals surface area contributed by atoms with Crippen molar-refractivity contribution >= 4 is 57.2 Å². The Morgan fingerprint density at radius 1 is 0.333 bits per heavy atom. The van der Waals surface area contributed by atoms with Crippen LogP contribution in [0.2, 0.25) is 0 Å². The van der Waals surface area contributed by atoms with Gasteiger partial charge in [0.2, 0.25) is 0 Å². The van der Waals surface area contributed by atoms with E-state index in [2.05, 4.69) is 282 Å². The summed E-state index contributed by atoms with van der Waals surface area (Å²) < 4.78 is 0. The smallest absolute Gasteiger partial charge is 0.252 e. The Labute approximate surface area is 447 Å². The van der Waals surface area contributed by atoms with Gasteiger partial charge in [-0.2, -0.15) is 0 Å². The van der Waals surface area contributed by atoms with Crippen molar-refractivity contribution in [3.63, 3.8) is 0 Å². The molecule has 0 unspecified atom stereocenters. The minimum absolute atomic E-state index is 0.0220. The maximum absolute atomic E-state index is 2.61. The van der Waals surface area contributed by atoms with Crippen molar-refractivity contribution in [2.75, 3.05) is 9.80 Å². The highest BCUT2D eigenvalue weighted by atomic mass is 15.2. The summed E-state index contributed by atoms with van der Waals surface area (Å²) in [6, 6.07) is 70.6. The van der Waals surface area contributed by atoms with E-state index >= 15 is 0 Å². The van der Waals surface area contributed by atoms with E-state index in [-0.39, 0.29) is 33.8 Å². The van der Waals surface area contributed by atoms with Crippen LogP contribution in [-0.2, 0) is 27.1 Å². The highest BCUT2D eigenvalue weighted by Gasteiger charge is 2.45. The summed E-state index contributed by atoms with van der Waals surface area (Å²) in [5.74, 6) is 0. The molecule has 0 atom stereocenters. The monoisotopic (exact) mass is 973 g/mol. The van der Waals surface area contributed by atoms with Crippen LogP contribution in [0.4, 0.5) is 34.1 Å². The maximum Gasteiger partial charge on any atom is 0.252 e. The van der Waals surface area contributed by atoms with Gasteiger partial charge in [-0.05, 0) is 165 Å². The van der Waals surface area contributed by atoms with Crippen molar-refractivity contribution in [3.05, 3.63) is 221 Å². The Morgan fingerprint density at radius 2 is 0.680 bits per heavy atom. The predicted molar refractivity (Wildman–Crippen MR) is 323 cm³/mol. The van der Waals surface area contributed by atoms with E-state index in [1.54, 1.807) is 0 Å². The molecule has 0 aromatic heterocycles. The fraction of sp³-hybridized carbons (Fsp3) is 0.250. The standard InChI is InChI=1S/C72H69BN2/c1-68(2,3)46-32-38-59-61(40-46)74(49-34-28-44(29-35-49)51-22-18-26-57-65(51)53-20-14-16-24-55(53)71(57,10)11)63-42-48(70(7,8)9)43-64-67(63)73(59)60-39-33-47(69(4,5)6)41-62(60)75(64)50-36-30-45(31-37-50)52-23-19-27-58-66(52)54-21-15-17-25-56(54)72(58,12)13/h14-43H,1-13H3. The Balaban J connectivity index is 1.02. The second-order valence-electron chi connectivity index (χ2n) is 26.2. The van der Waals surface area contributed by atoms with Gasteiger partial charge in [0.25, 0.3) is 6.71 Å². The van der Waals surface area contributed by atoms with Crippen LogP contribution in [0.25, 0.3) is 44.5 Å². The first-order valence-electron chi connectivity index (χ1n) is 27.4. The second kappa shape index (κ2) is 16.1. The highest BCUT2D eigenvalue weighted by Crippen LogP contribution is 2.55. The minimum Gasteiger partial charge on any atom is -0.311 e. The van der Waals surface area contributed by atoms with Gasteiger partial charge in [-0.1, -0.05) is 223 Å². The molecule has 0 bridgehead atoms. The average molecular weight is 973 g/mol. The zero-order valence-corrected chi connectivity index (χ0v) is 46.3. The third-order valence-electron chi connectivity index (χ3n) is 17.8. The Morgan fingerprint density at radius 3 is 1.07 bits per heavy atom. The quantitative estimate of drug-likeness (QED) is 0.162. The van der Waals surface area contributed by atoms with Gasteiger partial charge in [0.1, 0.15) is 0 Å². The summed E-state index contributed by atoms with van der Waals surface area (Å²) in [5.41, 5.74) is 31.0. The molecule has 2 nitrogen and oxygen atoms in total. The van der Waals surface area contributed by atoms with Crippen molar-refractivity contribution in [3.8, 4) is 44.5 Å². The van der Waals surface area contributed by atoms with E-state index in [9.17, 15) is 0 Å². The predicted octanol–water partition coefficient (Wildman–Crippen LogP) is 17.6. The van der Waals surface area contributed by atoms with E-state index < -0.39 is 0 Å². The summed E-state index contributed by atoms with van der Waals surface area (Å²) in [6.07, 6.45) is 0. The summed E-state index contributed by atoms with van der Waals surface area (Å²) in [6.45, 7) is 30.7. The summed E-state index contributed by atoms with van der Waals surface area (Å²) in [5, 5.41) is 0. The fourth-order valence-electron chi connectivity index (χ4n) is 13.5. The van der Waals surface area contributed by atoms with Gasteiger partial charge in [0.15, 0.2) is 0 Å². The third kappa shape index (κ3) is 7.06. The number of nitrogens with zero attached hydrogens (tertiary/aromatic N) is 2. The molecule has 4 aliphatic rings. The lowest BCUT2D eigenvalue weighted by atomic mass is 9.33. The summed E-state index contributed by atoms with van der Waals surface area (Å²) in [4.78, 5) is 5.22. The molecule has 0 saturated carbocycles. The van der Waals surface area contributed by atoms with Crippen molar-refractivity contribution in [2.45, 2.75) is 117 Å². The second-order valence-corrected chi connectivity index (χ2v) is 26.2. The molecule has 0 N–H and O–H groups in total. The van der Waals surface area contributed by atoms with E-state index in [1.807, 2.05) is 0 Å². The molecule has 9 aromatic rings. The first-order valence-corrected chi connectivity index (χ1v) is 27.4. The minimum atomic E-state index is -0.136. The fourth-order valence-corrected chi connectivity index (χ4v) is 13.5. The van der Waals surface area contributed by atoms with Crippen molar-refractivity contribution in [1.82, 2.24) is 0 Å². The lowest BCUT2D eigenvalue weighted by Crippen LogP contribution is -2.61. The number of rotatable bonds is 4. The van der Waals surface area contributed by atoms with Crippen molar-refractivity contribution in [1.29, 1.82) is 0 Å². The molecule has 0 amide bonds. The lowest BCUT2D eigenvalue weighted by molar-refractivity contribution is 0.590. The molecular weight excluding hydrogens is 904 g/mol. The molecule has 3 heteroatoms. The molecule has 0 spiro atoms. The zero-order chi connectivity index (χ0) is 52.3. The summed E-state index contributed by atoms with van der Waals surface area (Å²) >= 11 is 0. The van der Waals surface area contributed by atoms with Gasteiger partial charge in [0, 0.05) is 45.0 Å². The average Bonchev–Trinajstić information content (AvgIpc) is 3.86. The van der Waals surface area contributed by atoms with Gasteiger partial charge in [-0.15, -0.1) is 0 Å². The molecule has 13 rings (SSSR count). The van der Waals surface area contributed by atoms with E-state index in [1.165, 1.54) is 123 Å².